The van der Waals surface area contributed by atoms with E-state index < -0.39 is 0 Å². The molecule has 3 heteroatoms. The molecule has 0 spiro atoms. The zero-order chi connectivity index (χ0) is 14.9. The maximum Gasteiger partial charge on any atom is 0.193 e. The Bertz CT molecular complexity index is 652. The Balaban J connectivity index is 2.49. The lowest BCUT2D eigenvalue weighted by Gasteiger charge is -2.11. The van der Waals surface area contributed by atoms with Crippen LogP contribution in [-0.4, -0.2) is 12.9 Å². The van der Waals surface area contributed by atoms with E-state index in [0.717, 1.165) is 26.9 Å². The summed E-state index contributed by atoms with van der Waals surface area (Å²) in [5.74, 6) is 0.766. The number of ether oxygens (including phenoxy) is 1. The first-order valence-electron chi connectivity index (χ1n) is 6.40. The maximum absolute atomic E-state index is 12.7. The number of halogens is 1. The monoisotopic (exact) mass is 332 g/mol. The van der Waals surface area contributed by atoms with Crippen molar-refractivity contribution in [2.24, 2.45) is 0 Å². The number of benzene rings is 2. The number of methoxy groups -OCH3 is 1. The van der Waals surface area contributed by atoms with Crippen LogP contribution in [-0.2, 0) is 0 Å². The van der Waals surface area contributed by atoms with Gasteiger partial charge in [0, 0.05) is 11.1 Å². The molecule has 2 nitrogen and oxygen atoms in total. The molecule has 20 heavy (non-hydrogen) atoms. The molecule has 2 rings (SSSR count). The molecule has 0 fully saturated rings. The van der Waals surface area contributed by atoms with E-state index in [9.17, 15) is 4.79 Å². The number of carbonyl (C=O) groups is 1. The molecular weight excluding hydrogens is 316 g/mol. The van der Waals surface area contributed by atoms with Crippen LogP contribution in [0.25, 0.3) is 0 Å². The second kappa shape index (κ2) is 5.80. The summed E-state index contributed by atoms with van der Waals surface area (Å²) < 4.78 is 5.98. The molecule has 2 aromatic carbocycles. The lowest BCUT2D eigenvalue weighted by Crippen LogP contribution is -2.07. The van der Waals surface area contributed by atoms with Gasteiger partial charge in [0.1, 0.15) is 5.75 Å². The minimum Gasteiger partial charge on any atom is -0.496 e. The Kier molecular flexibility index (Phi) is 4.29. The van der Waals surface area contributed by atoms with E-state index in [0.29, 0.717) is 5.56 Å². The van der Waals surface area contributed by atoms with Gasteiger partial charge in [0.05, 0.1) is 11.6 Å². The molecule has 0 aliphatic heterocycles. The fraction of sp³-hybridized carbons (Fsp3) is 0.235. The topological polar surface area (TPSA) is 26.3 Å². The summed E-state index contributed by atoms with van der Waals surface area (Å²) >= 11 is 3.42. The van der Waals surface area contributed by atoms with E-state index in [1.54, 1.807) is 25.3 Å². The average molecular weight is 333 g/mol. The zero-order valence-corrected chi connectivity index (χ0v) is 13.7. The lowest BCUT2D eigenvalue weighted by atomic mass is 9.93. The highest BCUT2D eigenvalue weighted by atomic mass is 79.9. The standard InChI is InChI=1S/C17H17BrO2/c1-10-7-11(2)16(12(3)8-10)17(19)13-5-6-15(20-4)14(18)9-13/h5-9H,1-4H3. The number of hydrogen-bond acceptors (Lipinski definition) is 2. The smallest absolute Gasteiger partial charge is 0.193 e. The zero-order valence-electron chi connectivity index (χ0n) is 12.1. The van der Waals surface area contributed by atoms with Crippen LogP contribution in [0.2, 0.25) is 0 Å². The number of hydrogen-bond donors (Lipinski definition) is 0. The summed E-state index contributed by atoms with van der Waals surface area (Å²) in [6, 6.07) is 9.48. The molecule has 0 aliphatic carbocycles. The van der Waals surface area contributed by atoms with Gasteiger partial charge in [-0.3, -0.25) is 4.79 Å². The van der Waals surface area contributed by atoms with Crippen LogP contribution < -0.4 is 4.74 Å². The van der Waals surface area contributed by atoms with Crippen molar-refractivity contribution in [2.45, 2.75) is 20.8 Å². The summed E-state index contributed by atoms with van der Waals surface area (Å²) in [5.41, 5.74) is 4.65. The highest BCUT2D eigenvalue weighted by Gasteiger charge is 2.16. The molecule has 0 atom stereocenters. The Morgan fingerprint density at radius 1 is 1.05 bits per heavy atom. The van der Waals surface area contributed by atoms with Crippen molar-refractivity contribution in [2.75, 3.05) is 7.11 Å². The third-order valence-electron chi connectivity index (χ3n) is 3.32. The first-order valence-corrected chi connectivity index (χ1v) is 7.19. The first kappa shape index (κ1) is 14.8. The van der Waals surface area contributed by atoms with E-state index >= 15 is 0 Å². The SMILES string of the molecule is COc1ccc(C(=O)c2c(C)cc(C)cc2C)cc1Br. The quantitative estimate of drug-likeness (QED) is 0.767. The van der Waals surface area contributed by atoms with Crippen molar-refractivity contribution in [3.63, 3.8) is 0 Å². The van der Waals surface area contributed by atoms with Crippen LogP contribution in [0, 0.1) is 20.8 Å². The van der Waals surface area contributed by atoms with Crippen molar-refractivity contribution < 1.29 is 9.53 Å². The van der Waals surface area contributed by atoms with Gasteiger partial charge in [-0.15, -0.1) is 0 Å². The average Bonchev–Trinajstić information content (AvgIpc) is 2.37. The second-order valence-electron chi connectivity index (χ2n) is 4.95. The molecule has 0 unspecified atom stereocenters. The van der Waals surface area contributed by atoms with Gasteiger partial charge in [-0.05, 0) is 66.0 Å². The van der Waals surface area contributed by atoms with Crippen molar-refractivity contribution >= 4 is 21.7 Å². The summed E-state index contributed by atoms with van der Waals surface area (Å²) in [5, 5.41) is 0. The number of rotatable bonds is 3. The van der Waals surface area contributed by atoms with E-state index in [4.69, 9.17) is 4.74 Å². The van der Waals surface area contributed by atoms with Gasteiger partial charge in [-0.1, -0.05) is 17.7 Å². The lowest BCUT2D eigenvalue weighted by molar-refractivity contribution is 0.103. The van der Waals surface area contributed by atoms with Crippen LogP contribution in [0.3, 0.4) is 0 Å². The van der Waals surface area contributed by atoms with Crippen LogP contribution in [0.15, 0.2) is 34.8 Å². The van der Waals surface area contributed by atoms with Crippen LogP contribution in [0.1, 0.15) is 32.6 Å². The summed E-state index contributed by atoms with van der Waals surface area (Å²) in [6.07, 6.45) is 0. The van der Waals surface area contributed by atoms with Gasteiger partial charge in [-0.25, -0.2) is 0 Å². The molecule has 104 valence electrons. The third-order valence-corrected chi connectivity index (χ3v) is 3.94. The van der Waals surface area contributed by atoms with Crippen molar-refractivity contribution in [3.8, 4) is 5.75 Å². The second-order valence-corrected chi connectivity index (χ2v) is 5.81. The first-order chi connectivity index (χ1) is 9.43. The summed E-state index contributed by atoms with van der Waals surface area (Å²) in [7, 11) is 1.61. The highest BCUT2D eigenvalue weighted by Crippen LogP contribution is 2.28. The van der Waals surface area contributed by atoms with Gasteiger partial charge in [0.25, 0.3) is 0 Å². The minimum absolute atomic E-state index is 0.0448. The van der Waals surface area contributed by atoms with Gasteiger partial charge in [-0.2, -0.15) is 0 Å². The van der Waals surface area contributed by atoms with E-state index in [1.165, 1.54) is 5.56 Å². The van der Waals surface area contributed by atoms with Gasteiger partial charge in [0.15, 0.2) is 5.78 Å². The number of carbonyl (C=O) groups excluding carboxylic acids is 1. The van der Waals surface area contributed by atoms with Crippen molar-refractivity contribution in [3.05, 3.63) is 62.6 Å². The molecule has 0 amide bonds. The molecule has 0 saturated carbocycles. The largest absolute Gasteiger partial charge is 0.496 e. The van der Waals surface area contributed by atoms with Crippen LogP contribution in [0.5, 0.6) is 5.75 Å². The highest BCUT2D eigenvalue weighted by molar-refractivity contribution is 9.10. The predicted octanol–water partition coefficient (Wildman–Crippen LogP) is 4.61. The molecule has 0 aliphatic rings. The minimum atomic E-state index is 0.0448. The molecule has 0 N–H and O–H groups in total. The molecule has 0 radical (unpaired) electrons. The van der Waals surface area contributed by atoms with Gasteiger partial charge < -0.3 is 4.74 Å². The number of ketones is 1. The normalized spacial score (nSPS) is 10.4. The Labute approximate surface area is 127 Å². The number of aryl methyl sites for hydroxylation is 3. The Hall–Kier alpha value is -1.61. The molecule has 0 aromatic heterocycles. The molecule has 0 bridgehead atoms. The van der Waals surface area contributed by atoms with Crippen molar-refractivity contribution in [1.82, 2.24) is 0 Å². The Morgan fingerprint density at radius 2 is 1.65 bits per heavy atom. The maximum atomic E-state index is 12.7. The van der Waals surface area contributed by atoms with Crippen molar-refractivity contribution in [1.29, 1.82) is 0 Å². The van der Waals surface area contributed by atoms with Crippen LogP contribution >= 0.6 is 15.9 Å². The van der Waals surface area contributed by atoms with E-state index in [1.807, 2.05) is 32.9 Å². The van der Waals surface area contributed by atoms with E-state index in [-0.39, 0.29) is 5.78 Å². The fourth-order valence-electron chi connectivity index (χ4n) is 2.49. The summed E-state index contributed by atoms with van der Waals surface area (Å²) in [4.78, 5) is 12.7. The molecular formula is C17H17BrO2. The molecule has 0 saturated heterocycles. The fourth-order valence-corrected chi connectivity index (χ4v) is 3.03. The van der Waals surface area contributed by atoms with Gasteiger partial charge >= 0.3 is 0 Å². The molecule has 2 aromatic rings. The predicted molar refractivity (Wildman–Crippen MR) is 84.8 cm³/mol. The molecule has 0 heterocycles. The third kappa shape index (κ3) is 2.78. The Morgan fingerprint density at radius 3 is 2.15 bits per heavy atom. The van der Waals surface area contributed by atoms with E-state index in [2.05, 4.69) is 15.9 Å². The summed E-state index contributed by atoms with van der Waals surface area (Å²) in [6.45, 7) is 6.00. The van der Waals surface area contributed by atoms with Gasteiger partial charge in [0.2, 0.25) is 0 Å². The van der Waals surface area contributed by atoms with Crippen LogP contribution in [0.4, 0.5) is 0 Å².